The van der Waals surface area contributed by atoms with Crippen molar-refractivity contribution >= 4 is 11.9 Å². The molecule has 0 saturated carbocycles. The summed E-state index contributed by atoms with van der Waals surface area (Å²) in [6.45, 7) is 4.38. The number of carbonyl (C=O) groups excluding carboxylic acids is 1. The van der Waals surface area contributed by atoms with Crippen LogP contribution < -0.4 is 5.32 Å². The average molecular weight is 284 g/mol. The van der Waals surface area contributed by atoms with Gasteiger partial charge in [0.1, 0.15) is 12.6 Å². The third-order valence-electron chi connectivity index (χ3n) is 4.20. The van der Waals surface area contributed by atoms with Gasteiger partial charge in [-0.2, -0.15) is 0 Å². The minimum atomic E-state index is -0.910. The molecule has 2 heterocycles. The highest BCUT2D eigenvalue weighted by Gasteiger charge is 2.34. The monoisotopic (exact) mass is 284 g/mol. The highest BCUT2D eigenvalue weighted by atomic mass is 16.5. The summed E-state index contributed by atoms with van der Waals surface area (Å²) in [6, 6.07) is -0.692. The highest BCUT2D eigenvalue weighted by Crippen LogP contribution is 2.23. The van der Waals surface area contributed by atoms with Crippen molar-refractivity contribution in [3.05, 3.63) is 0 Å². The fourth-order valence-electron chi connectivity index (χ4n) is 2.91. The molecule has 0 radical (unpaired) electrons. The molecule has 0 aromatic heterocycles. The van der Waals surface area contributed by atoms with Gasteiger partial charge in [0.25, 0.3) is 0 Å². The molecule has 2 saturated heterocycles. The molecule has 114 valence electrons. The maximum atomic E-state index is 12.2. The van der Waals surface area contributed by atoms with E-state index in [1.165, 1.54) is 4.90 Å². The zero-order valence-corrected chi connectivity index (χ0v) is 12.0. The van der Waals surface area contributed by atoms with Crippen LogP contribution in [0.2, 0.25) is 0 Å². The van der Waals surface area contributed by atoms with Crippen molar-refractivity contribution in [3.8, 4) is 0 Å². The predicted molar refractivity (Wildman–Crippen MR) is 73.4 cm³/mol. The van der Waals surface area contributed by atoms with Crippen LogP contribution in [0.1, 0.15) is 32.6 Å². The summed E-state index contributed by atoms with van der Waals surface area (Å²) >= 11 is 0. The molecular formula is C14H24N2O4. The number of carboxylic acid groups (broad SMARTS) is 1. The van der Waals surface area contributed by atoms with Gasteiger partial charge in [-0.3, -0.25) is 4.79 Å². The number of hydrogen-bond acceptors (Lipinski definition) is 4. The lowest BCUT2D eigenvalue weighted by atomic mass is 9.92. The largest absolute Gasteiger partial charge is 0.480 e. The van der Waals surface area contributed by atoms with E-state index in [1.54, 1.807) is 0 Å². The van der Waals surface area contributed by atoms with Crippen LogP contribution in [-0.2, 0) is 14.3 Å². The lowest BCUT2D eigenvalue weighted by molar-refractivity contribution is -0.156. The quantitative estimate of drug-likeness (QED) is 0.784. The van der Waals surface area contributed by atoms with Crippen LogP contribution in [0, 0.1) is 5.92 Å². The Labute approximate surface area is 119 Å². The van der Waals surface area contributed by atoms with Gasteiger partial charge in [0.2, 0.25) is 5.91 Å². The molecule has 0 aromatic carbocycles. The zero-order chi connectivity index (χ0) is 14.5. The van der Waals surface area contributed by atoms with Crippen molar-refractivity contribution in [1.29, 1.82) is 0 Å². The van der Waals surface area contributed by atoms with E-state index in [4.69, 9.17) is 4.74 Å². The van der Waals surface area contributed by atoms with Gasteiger partial charge >= 0.3 is 5.97 Å². The summed E-state index contributed by atoms with van der Waals surface area (Å²) in [4.78, 5) is 24.9. The Balaban J connectivity index is 1.84. The Bertz CT molecular complexity index is 355. The van der Waals surface area contributed by atoms with E-state index in [-0.39, 0.29) is 18.6 Å². The Morgan fingerprint density at radius 2 is 2.00 bits per heavy atom. The number of hydrogen-bond donors (Lipinski definition) is 2. The number of likely N-dealkylation sites (tertiary alicyclic amines) is 1. The van der Waals surface area contributed by atoms with E-state index < -0.39 is 12.0 Å². The van der Waals surface area contributed by atoms with Crippen molar-refractivity contribution in [2.24, 2.45) is 5.92 Å². The summed E-state index contributed by atoms with van der Waals surface area (Å²) in [5.74, 6) is -0.750. The third-order valence-corrected chi connectivity index (χ3v) is 4.20. The first-order valence-corrected chi connectivity index (χ1v) is 7.42. The van der Waals surface area contributed by atoms with Gasteiger partial charge in [-0.1, -0.05) is 6.92 Å². The lowest BCUT2D eigenvalue weighted by Crippen LogP contribution is -2.51. The summed E-state index contributed by atoms with van der Waals surface area (Å²) in [7, 11) is 0. The van der Waals surface area contributed by atoms with Gasteiger partial charge in [0, 0.05) is 6.54 Å². The first kappa shape index (κ1) is 15.3. The Morgan fingerprint density at radius 1 is 1.30 bits per heavy atom. The van der Waals surface area contributed by atoms with Crippen LogP contribution in [-0.4, -0.2) is 60.3 Å². The Hall–Kier alpha value is -1.14. The fourth-order valence-corrected chi connectivity index (χ4v) is 2.91. The summed E-state index contributed by atoms with van der Waals surface area (Å²) in [5.41, 5.74) is 0. The van der Waals surface area contributed by atoms with Gasteiger partial charge < -0.3 is 20.1 Å². The second-order valence-corrected chi connectivity index (χ2v) is 5.83. The Kier molecular flexibility index (Phi) is 5.37. The van der Waals surface area contributed by atoms with Crippen LogP contribution in [0.3, 0.4) is 0 Å². The third kappa shape index (κ3) is 3.93. The van der Waals surface area contributed by atoms with Gasteiger partial charge in [-0.15, -0.1) is 0 Å². The van der Waals surface area contributed by atoms with Gasteiger partial charge in [-0.25, -0.2) is 4.79 Å². The first-order chi connectivity index (χ1) is 9.58. The number of carbonyl (C=O) groups is 2. The minimum absolute atomic E-state index is 0.00281. The number of nitrogens with one attached hydrogen (secondary N) is 1. The molecule has 0 bridgehead atoms. The molecule has 2 aliphatic heterocycles. The average Bonchev–Trinajstić information content (AvgIpc) is 2.45. The standard InChI is InChI=1S/C14H24N2O4/c1-10-4-7-16(12(8-10)14(18)19)13(17)9-20-11-2-5-15-6-3-11/h10-12,15H,2-9H2,1H3,(H,18,19). The second-order valence-electron chi connectivity index (χ2n) is 5.83. The van der Waals surface area contributed by atoms with Gasteiger partial charge in [-0.05, 0) is 44.7 Å². The minimum Gasteiger partial charge on any atom is -0.480 e. The molecule has 1 amide bonds. The molecule has 0 spiro atoms. The number of ether oxygens (including phenoxy) is 1. The van der Waals surface area contributed by atoms with Crippen LogP contribution in [0.25, 0.3) is 0 Å². The zero-order valence-electron chi connectivity index (χ0n) is 12.0. The van der Waals surface area contributed by atoms with Crippen LogP contribution in [0.15, 0.2) is 0 Å². The van der Waals surface area contributed by atoms with E-state index in [0.717, 1.165) is 32.4 Å². The summed E-state index contributed by atoms with van der Waals surface area (Å²) < 4.78 is 5.63. The van der Waals surface area contributed by atoms with Crippen LogP contribution >= 0.6 is 0 Å². The molecule has 2 atom stereocenters. The van der Waals surface area contributed by atoms with Gasteiger partial charge in [0.15, 0.2) is 0 Å². The number of nitrogens with zero attached hydrogens (tertiary/aromatic N) is 1. The molecule has 2 N–H and O–H groups in total. The van der Waals surface area contributed by atoms with E-state index in [1.807, 2.05) is 6.92 Å². The summed E-state index contributed by atoms with van der Waals surface area (Å²) in [6.07, 6.45) is 3.34. The van der Waals surface area contributed by atoms with Crippen molar-refractivity contribution in [2.75, 3.05) is 26.2 Å². The molecule has 20 heavy (non-hydrogen) atoms. The molecule has 6 heteroatoms. The number of amides is 1. The highest BCUT2D eigenvalue weighted by molar-refractivity contribution is 5.84. The second kappa shape index (κ2) is 7.04. The maximum absolute atomic E-state index is 12.2. The number of rotatable bonds is 4. The molecule has 2 aliphatic rings. The predicted octanol–water partition coefficient (Wildman–Crippen LogP) is 0.467. The number of aliphatic carboxylic acids is 1. The van der Waals surface area contributed by atoms with Crippen molar-refractivity contribution < 1.29 is 19.4 Å². The summed E-state index contributed by atoms with van der Waals surface area (Å²) in [5, 5.41) is 12.5. The van der Waals surface area contributed by atoms with E-state index in [2.05, 4.69) is 5.32 Å². The molecule has 6 nitrogen and oxygen atoms in total. The molecule has 2 fully saturated rings. The SMILES string of the molecule is CC1CCN(C(=O)COC2CCNCC2)C(C(=O)O)C1. The number of piperidine rings is 2. The van der Waals surface area contributed by atoms with Gasteiger partial charge in [0.05, 0.1) is 6.10 Å². The van der Waals surface area contributed by atoms with Crippen LogP contribution in [0.5, 0.6) is 0 Å². The maximum Gasteiger partial charge on any atom is 0.326 e. The molecular weight excluding hydrogens is 260 g/mol. The van der Waals surface area contributed by atoms with Crippen molar-refractivity contribution in [1.82, 2.24) is 10.2 Å². The van der Waals surface area contributed by atoms with E-state index >= 15 is 0 Å². The normalized spacial score (nSPS) is 28.4. The van der Waals surface area contributed by atoms with Crippen molar-refractivity contribution in [2.45, 2.75) is 44.8 Å². The first-order valence-electron chi connectivity index (χ1n) is 7.42. The topological polar surface area (TPSA) is 78.9 Å². The lowest BCUT2D eigenvalue weighted by Gasteiger charge is -2.36. The molecule has 2 unspecified atom stereocenters. The number of carboxylic acids is 1. The molecule has 0 aliphatic carbocycles. The molecule has 2 rings (SSSR count). The Morgan fingerprint density at radius 3 is 2.65 bits per heavy atom. The van der Waals surface area contributed by atoms with E-state index in [0.29, 0.717) is 18.9 Å². The van der Waals surface area contributed by atoms with Crippen molar-refractivity contribution in [3.63, 3.8) is 0 Å². The smallest absolute Gasteiger partial charge is 0.326 e. The van der Waals surface area contributed by atoms with Crippen LogP contribution in [0.4, 0.5) is 0 Å². The fraction of sp³-hybridized carbons (Fsp3) is 0.857. The molecule has 0 aromatic rings. The van der Waals surface area contributed by atoms with E-state index in [9.17, 15) is 14.7 Å².